The van der Waals surface area contributed by atoms with Crippen molar-refractivity contribution >= 4 is 5.91 Å². The molecule has 0 saturated heterocycles. The summed E-state index contributed by atoms with van der Waals surface area (Å²) in [6.45, 7) is 5.35. The molecule has 104 valence electrons. The van der Waals surface area contributed by atoms with E-state index >= 15 is 0 Å². The van der Waals surface area contributed by atoms with Gasteiger partial charge in [-0.3, -0.25) is 4.79 Å². The van der Waals surface area contributed by atoms with Crippen LogP contribution in [0.15, 0.2) is 12.7 Å². The highest BCUT2D eigenvalue weighted by molar-refractivity contribution is 5.88. The zero-order chi connectivity index (χ0) is 13.9. The minimum atomic E-state index is -1.07. The maximum absolute atomic E-state index is 11.7. The quantitative estimate of drug-likeness (QED) is 0.505. The summed E-state index contributed by atoms with van der Waals surface area (Å²) in [5.74, 6) is -0.466. The van der Waals surface area contributed by atoms with E-state index in [4.69, 9.17) is 0 Å². The molecule has 19 heavy (non-hydrogen) atoms. The maximum Gasteiger partial charge on any atom is 0.243 e. The fourth-order valence-corrected chi connectivity index (χ4v) is 6.15. The van der Waals surface area contributed by atoms with E-state index in [0.29, 0.717) is 25.7 Å². The Bertz CT molecular complexity index is 536. The molecule has 0 aromatic heterocycles. The van der Waals surface area contributed by atoms with Crippen LogP contribution in [0.1, 0.15) is 32.6 Å². The molecule has 6 atom stereocenters. The fourth-order valence-electron chi connectivity index (χ4n) is 6.15. The number of nitrogens with one attached hydrogen (secondary N) is 1. The predicted octanol–water partition coefficient (Wildman–Crippen LogP) is -0.542. The first-order valence-electron chi connectivity index (χ1n) is 6.80. The van der Waals surface area contributed by atoms with Gasteiger partial charge in [0.05, 0.1) is 22.2 Å². The molecule has 4 N–H and O–H groups in total. The molecule has 1 amide bonds. The summed E-state index contributed by atoms with van der Waals surface area (Å²) in [4.78, 5) is 11.7. The van der Waals surface area contributed by atoms with Gasteiger partial charge in [0.1, 0.15) is 0 Å². The van der Waals surface area contributed by atoms with Crippen LogP contribution in [0.5, 0.6) is 0 Å². The smallest absolute Gasteiger partial charge is 0.243 e. The van der Waals surface area contributed by atoms with Crippen LogP contribution in [0.25, 0.3) is 0 Å². The maximum atomic E-state index is 11.7. The Hall–Kier alpha value is -0.910. The molecule has 4 aliphatic carbocycles. The van der Waals surface area contributed by atoms with Gasteiger partial charge in [-0.25, -0.2) is 0 Å². The van der Waals surface area contributed by atoms with Crippen molar-refractivity contribution in [1.82, 2.24) is 5.32 Å². The Morgan fingerprint density at radius 2 is 1.84 bits per heavy atom. The lowest BCUT2D eigenvalue weighted by Gasteiger charge is -2.79. The fraction of sp³-hybridized carbons (Fsp3) is 0.786. The van der Waals surface area contributed by atoms with Gasteiger partial charge in [-0.05, 0) is 12.5 Å². The monoisotopic (exact) mass is 265 g/mol. The molecule has 0 heterocycles. The van der Waals surface area contributed by atoms with Crippen molar-refractivity contribution in [3.63, 3.8) is 0 Å². The Morgan fingerprint density at radius 3 is 2.37 bits per heavy atom. The van der Waals surface area contributed by atoms with Gasteiger partial charge in [-0.2, -0.15) is 0 Å². The average molecular weight is 265 g/mol. The number of hydrogen-bond donors (Lipinski definition) is 4. The molecular formula is C14H19NO4. The molecule has 4 aliphatic rings. The molecule has 4 saturated carbocycles. The van der Waals surface area contributed by atoms with Crippen molar-refractivity contribution in [2.45, 2.75) is 54.9 Å². The van der Waals surface area contributed by atoms with Crippen molar-refractivity contribution in [3.05, 3.63) is 12.7 Å². The molecule has 5 heteroatoms. The lowest BCUT2D eigenvalue weighted by atomic mass is 9.30. The van der Waals surface area contributed by atoms with E-state index in [1.54, 1.807) is 0 Å². The van der Waals surface area contributed by atoms with Crippen molar-refractivity contribution in [2.75, 3.05) is 0 Å². The van der Waals surface area contributed by atoms with Crippen LogP contribution < -0.4 is 5.32 Å². The molecule has 0 radical (unpaired) electrons. The average Bonchev–Trinajstić information content (AvgIpc) is 2.65. The van der Waals surface area contributed by atoms with Crippen LogP contribution in [0.4, 0.5) is 0 Å². The van der Waals surface area contributed by atoms with E-state index in [1.165, 1.54) is 6.08 Å². The summed E-state index contributed by atoms with van der Waals surface area (Å²) < 4.78 is 0. The molecule has 1 spiro atoms. The van der Waals surface area contributed by atoms with Gasteiger partial charge in [0.15, 0.2) is 0 Å². The van der Waals surface area contributed by atoms with E-state index in [2.05, 4.69) is 11.9 Å². The number of hydrogen-bond acceptors (Lipinski definition) is 4. The van der Waals surface area contributed by atoms with Crippen LogP contribution in [0.3, 0.4) is 0 Å². The molecule has 0 aliphatic heterocycles. The van der Waals surface area contributed by atoms with Crippen LogP contribution in [0.2, 0.25) is 0 Å². The summed E-state index contributed by atoms with van der Waals surface area (Å²) in [5.41, 5.74) is -4.55. The standard InChI is InChI=1S/C14H19NO4/c1-3-9(16)15-10-4-11(17)6-12(18)7-13(19,8(10)2)14(11,12)5-10/h3,8,17-19H,1,4-7H2,2H3,(H,15,16). The first kappa shape index (κ1) is 11.9. The first-order valence-corrected chi connectivity index (χ1v) is 6.80. The zero-order valence-corrected chi connectivity index (χ0v) is 10.9. The van der Waals surface area contributed by atoms with Crippen LogP contribution in [-0.2, 0) is 4.79 Å². The molecule has 0 aromatic carbocycles. The Labute approximate surface area is 111 Å². The van der Waals surface area contributed by atoms with E-state index in [0.717, 1.165) is 0 Å². The normalized spacial score (nSPS) is 63.9. The Morgan fingerprint density at radius 1 is 1.21 bits per heavy atom. The van der Waals surface area contributed by atoms with Gasteiger partial charge in [0, 0.05) is 30.7 Å². The van der Waals surface area contributed by atoms with E-state index in [9.17, 15) is 20.1 Å². The van der Waals surface area contributed by atoms with Crippen molar-refractivity contribution in [2.24, 2.45) is 11.3 Å². The highest BCUT2D eigenvalue weighted by atomic mass is 16.4. The van der Waals surface area contributed by atoms with Gasteiger partial charge >= 0.3 is 0 Å². The summed E-state index contributed by atoms with van der Waals surface area (Å²) in [6.07, 6.45) is 2.67. The molecule has 6 unspecified atom stereocenters. The third-order valence-corrected chi connectivity index (χ3v) is 6.77. The van der Waals surface area contributed by atoms with Crippen molar-refractivity contribution in [1.29, 1.82) is 0 Å². The number of carbonyl (C=O) groups is 1. The van der Waals surface area contributed by atoms with E-state index in [1.807, 2.05) is 6.92 Å². The second kappa shape index (κ2) is 2.62. The van der Waals surface area contributed by atoms with Crippen molar-refractivity contribution in [3.8, 4) is 0 Å². The van der Waals surface area contributed by atoms with Gasteiger partial charge in [-0.1, -0.05) is 13.5 Å². The molecule has 5 nitrogen and oxygen atoms in total. The van der Waals surface area contributed by atoms with Gasteiger partial charge in [0.25, 0.3) is 0 Å². The van der Waals surface area contributed by atoms with Crippen LogP contribution in [-0.4, -0.2) is 43.6 Å². The van der Waals surface area contributed by atoms with Gasteiger partial charge < -0.3 is 20.6 Å². The first-order chi connectivity index (χ1) is 8.69. The lowest BCUT2D eigenvalue weighted by Crippen LogP contribution is -2.90. The topological polar surface area (TPSA) is 89.8 Å². The summed E-state index contributed by atoms with van der Waals surface area (Å²) in [6, 6.07) is 0. The molecular weight excluding hydrogens is 246 g/mol. The van der Waals surface area contributed by atoms with Crippen LogP contribution in [0, 0.1) is 11.3 Å². The zero-order valence-electron chi connectivity index (χ0n) is 10.9. The largest absolute Gasteiger partial charge is 0.389 e. The third kappa shape index (κ3) is 0.815. The van der Waals surface area contributed by atoms with Crippen molar-refractivity contribution < 1.29 is 20.1 Å². The highest BCUT2D eigenvalue weighted by Crippen LogP contribution is 2.87. The second-order valence-corrected chi connectivity index (χ2v) is 7.17. The number of fused-ring (bicyclic) bond motifs is 1. The SMILES string of the molecule is C=CC(=O)NC12CC3(O)CC4(O)CC(O)(C1C)C34C2. The highest BCUT2D eigenvalue weighted by Gasteiger charge is 2.98. The summed E-state index contributed by atoms with van der Waals surface area (Å²) in [7, 11) is 0. The summed E-state index contributed by atoms with van der Waals surface area (Å²) in [5, 5.41) is 35.1. The predicted molar refractivity (Wildman–Crippen MR) is 66.0 cm³/mol. The second-order valence-electron chi connectivity index (χ2n) is 7.17. The minimum absolute atomic E-state index is 0.176. The molecule has 4 fully saturated rings. The summed E-state index contributed by atoms with van der Waals surface area (Å²) >= 11 is 0. The Balaban J connectivity index is 1.82. The van der Waals surface area contributed by atoms with Crippen LogP contribution >= 0.6 is 0 Å². The number of aliphatic hydroxyl groups is 3. The molecule has 0 aromatic rings. The van der Waals surface area contributed by atoms with Gasteiger partial charge in [-0.15, -0.1) is 0 Å². The minimum Gasteiger partial charge on any atom is -0.389 e. The molecule has 2 bridgehead atoms. The molecule has 4 rings (SSSR count). The van der Waals surface area contributed by atoms with Gasteiger partial charge in [0.2, 0.25) is 5.91 Å². The van der Waals surface area contributed by atoms with E-state index in [-0.39, 0.29) is 11.8 Å². The third-order valence-electron chi connectivity index (χ3n) is 6.77. The van der Waals surface area contributed by atoms with E-state index < -0.39 is 27.8 Å². The number of amides is 1. The number of carbonyl (C=O) groups excluding carboxylic acids is 1. The lowest BCUT2D eigenvalue weighted by molar-refractivity contribution is -0.432. The number of rotatable bonds is 2. The Kier molecular flexibility index (Phi) is 1.64.